The third-order valence-electron chi connectivity index (χ3n) is 4.62. The van der Waals surface area contributed by atoms with Gasteiger partial charge in [0.2, 0.25) is 0 Å². The maximum Gasteiger partial charge on any atom is 0.335 e. The minimum Gasteiger partial charge on any atom is -0.478 e. The molecule has 0 unspecified atom stereocenters. The Bertz CT molecular complexity index is 1100. The van der Waals surface area contributed by atoms with E-state index in [2.05, 4.69) is 11.9 Å². The van der Waals surface area contributed by atoms with Crippen molar-refractivity contribution >= 4 is 41.2 Å². The lowest BCUT2D eigenvalue weighted by molar-refractivity contribution is -0.128. The molecule has 7 nitrogen and oxygen atoms in total. The monoisotopic (exact) mass is 409 g/mol. The van der Waals surface area contributed by atoms with E-state index in [9.17, 15) is 19.5 Å². The van der Waals surface area contributed by atoms with E-state index in [-0.39, 0.29) is 22.8 Å². The van der Waals surface area contributed by atoms with Crippen molar-refractivity contribution in [2.45, 2.75) is 13.8 Å². The number of thiocarbonyl (C=S) groups is 1. The number of aromatic nitrogens is 1. The fraction of sp³-hybridized carbons (Fsp3) is 0.143. The smallest absolute Gasteiger partial charge is 0.335 e. The van der Waals surface area contributed by atoms with E-state index in [1.807, 2.05) is 24.5 Å². The van der Waals surface area contributed by atoms with Gasteiger partial charge in [0.25, 0.3) is 11.8 Å². The second-order valence-corrected chi connectivity index (χ2v) is 6.93. The van der Waals surface area contributed by atoms with Crippen LogP contribution in [0.2, 0.25) is 0 Å². The van der Waals surface area contributed by atoms with Crippen LogP contribution in [0.4, 0.5) is 0 Å². The molecule has 2 N–H and O–H groups in total. The Hall–Kier alpha value is -3.52. The minimum atomic E-state index is -1.01. The van der Waals surface area contributed by atoms with Crippen molar-refractivity contribution in [2.24, 2.45) is 0 Å². The number of nitrogens with one attached hydrogen (secondary N) is 1. The van der Waals surface area contributed by atoms with Gasteiger partial charge in [-0.05, 0) is 62.0 Å². The Kier molecular flexibility index (Phi) is 5.47. The summed E-state index contributed by atoms with van der Waals surface area (Å²) < 4.78 is 1.87. The number of hydrogen-bond donors (Lipinski definition) is 2. The molecule has 2 amide bonds. The van der Waals surface area contributed by atoms with Gasteiger partial charge in [0.05, 0.1) is 5.56 Å². The lowest BCUT2D eigenvalue weighted by Gasteiger charge is -2.27. The zero-order valence-electron chi connectivity index (χ0n) is 15.9. The highest BCUT2D eigenvalue weighted by Gasteiger charge is 2.32. The fourth-order valence-electron chi connectivity index (χ4n) is 3.25. The Morgan fingerprint density at radius 1 is 1.28 bits per heavy atom. The highest BCUT2D eigenvalue weighted by atomic mass is 32.1. The van der Waals surface area contributed by atoms with Gasteiger partial charge in [0.15, 0.2) is 5.11 Å². The Labute approximate surface area is 172 Å². The van der Waals surface area contributed by atoms with Gasteiger partial charge in [-0.25, -0.2) is 4.79 Å². The average molecular weight is 409 g/mol. The first-order chi connectivity index (χ1) is 13.7. The van der Waals surface area contributed by atoms with E-state index in [1.165, 1.54) is 23.1 Å². The second kappa shape index (κ2) is 7.84. The van der Waals surface area contributed by atoms with Crippen molar-refractivity contribution in [3.8, 4) is 5.69 Å². The van der Waals surface area contributed by atoms with Gasteiger partial charge >= 0.3 is 5.97 Å². The Morgan fingerprint density at radius 3 is 2.66 bits per heavy atom. The lowest BCUT2D eigenvalue weighted by atomic mass is 10.1. The van der Waals surface area contributed by atoms with Gasteiger partial charge in [-0.1, -0.05) is 12.1 Å². The van der Waals surface area contributed by atoms with E-state index in [1.54, 1.807) is 18.2 Å². The fourth-order valence-corrected chi connectivity index (χ4v) is 3.50. The van der Waals surface area contributed by atoms with E-state index in [0.717, 1.165) is 11.4 Å². The van der Waals surface area contributed by atoms with Crippen LogP contribution in [0.1, 0.15) is 27.3 Å². The summed E-state index contributed by atoms with van der Waals surface area (Å²) in [5.41, 5.74) is 3.09. The summed E-state index contributed by atoms with van der Waals surface area (Å²) in [5.74, 6) is -2.06. The summed E-state index contributed by atoms with van der Waals surface area (Å²) in [6, 6.07) is 8.39. The Balaban J connectivity index is 2.06. The molecule has 3 rings (SSSR count). The molecule has 29 heavy (non-hydrogen) atoms. The largest absolute Gasteiger partial charge is 0.478 e. The molecule has 0 aliphatic carbocycles. The molecule has 0 saturated carbocycles. The van der Waals surface area contributed by atoms with Crippen LogP contribution in [-0.4, -0.2) is 44.0 Å². The molecular weight excluding hydrogens is 390 g/mol. The zero-order chi connectivity index (χ0) is 21.3. The lowest BCUT2D eigenvalue weighted by Crippen LogP contribution is -2.53. The molecule has 1 fully saturated rings. The van der Waals surface area contributed by atoms with Crippen LogP contribution in [0.25, 0.3) is 11.8 Å². The van der Waals surface area contributed by atoms with Crippen LogP contribution < -0.4 is 5.32 Å². The molecular formula is C21H19N3O4S. The number of carboxylic acid groups (broad SMARTS) is 1. The van der Waals surface area contributed by atoms with Crippen molar-refractivity contribution in [2.75, 3.05) is 6.54 Å². The molecule has 2 heterocycles. The van der Waals surface area contributed by atoms with Gasteiger partial charge in [0, 0.05) is 23.6 Å². The number of hydrogen-bond acceptors (Lipinski definition) is 4. The highest BCUT2D eigenvalue weighted by molar-refractivity contribution is 7.80. The molecule has 1 aromatic heterocycles. The van der Waals surface area contributed by atoms with Crippen LogP contribution in [-0.2, 0) is 9.59 Å². The van der Waals surface area contributed by atoms with Gasteiger partial charge in [-0.3, -0.25) is 19.8 Å². The summed E-state index contributed by atoms with van der Waals surface area (Å²) in [5, 5.41) is 11.8. The molecule has 1 aromatic carbocycles. The number of benzene rings is 1. The number of carbonyl (C=O) groups is 3. The van der Waals surface area contributed by atoms with Gasteiger partial charge < -0.3 is 9.67 Å². The first-order valence-corrected chi connectivity index (χ1v) is 9.18. The summed E-state index contributed by atoms with van der Waals surface area (Å²) in [6.45, 7) is 7.50. The van der Waals surface area contributed by atoms with Crippen molar-refractivity contribution in [3.63, 3.8) is 0 Å². The SMILES string of the molecule is C=CCN1C(=O)/C(=C/c2cc(C)n(-c3cccc(C(=O)O)c3)c2C)C(=O)NC1=S. The quantitative estimate of drug-likeness (QED) is 0.343. The molecule has 1 aliphatic rings. The van der Waals surface area contributed by atoms with Crippen LogP contribution in [0.3, 0.4) is 0 Å². The summed E-state index contributed by atoms with van der Waals surface area (Å²) >= 11 is 5.06. The number of aryl methyl sites for hydroxylation is 1. The van der Waals surface area contributed by atoms with Gasteiger partial charge in [-0.2, -0.15) is 0 Å². The number of aromatic carboxylic acids is 1. The van der Waals surface area contributed by atoms with Crippen LogP contribution in [0.15, 0.2) is 48.6 Å². The molecule has 148 valence electrons. The van der Waals surface area contributed by atoms with E-state index >= 15 is 0 Å². The number of carboxylic acids is 1. The highest BCUT2D eigenvalue weighted by Crippen LogP contribution is 2.24. The van der Waals surface area contributed by atoms with Crippen molar-refractivity contribution in [3.05, 3.63) is 71.1 Å². The minimum absolute atomic E-state index is 0.0278. The van der Waals surface area contributed by atoms with E-state index in [4.69, 9.17) is 12.2 Å². The molecule has 0 radical (unpaired) electrons. The second-order valence-electron chi connectivity index (χ2n) is 6.54. The van der Waals surface area contributed by atoms with Crippen molar-refractivity contribution in [1.29, 1.82) is 0 Å². The number of amides is 2. The molecule has 8 heteroatoms. The first-order valence-electron chi connectivity index (χ1n) is 8.77. The predicted octanol–water partition coefficient (Wildman–Crippen LogP) is 2.61. The molecule has 2 aromatic rings. The van der Waals surface area contributed by atoms with Crippen LogP contribution in [0, 0.1) is 13.8 Å². The molecule has 1 saturated heterocycles. The number of rotatable bonds is 5. The molecule has 0 bridgehead atoms. The standard InChI is InChI=1S/C21H19N3O4S/c1-4-8-23-19(26)17(18(25)22-21(23)29)11-15-9-12(2)24(13(15)3)16-7-5-6-14(10-16)20(27)28/h4-7,9-11H,1,8H2,2-3H3,(H,27,28)(H,22,25,29)/b17-11+. The topological polar surface area (TPSA) is 91.6 Å². The van der Waals surface area contributed by atoms with Gasteiger partial charge in [-0.15, -0.1) is 6.58 Å². The maximum absolute atomic E-state index is 12.7. The van der Waals surface area contributed by atoms with Crippen LogP contribution in [0.5, 0.6) is 0 Å². The third-order valence-corrected chi connectivity index (χ3v) is 4.94. The molecule has 0 atom stereocenters. The van der Waals surface area contributed by atoms with Crippen LogP contribution >= 0.6 is 12.2 Å². The van der Waals surface area contributed by atoms with E-state index < -0.39 is 17.8 Å². The zero-order valence-corrected chi connectivity index (χ0v) is 16.7. The summed E-state index contributed by atoms with van der Waals surface area (Å²) in [4.78, 5) is 37.6. The Morgan fingerprint density at radius 2 is 2.00 bits per heavy atom. The maximum atomic E-state index is 12.7. The summed E-state index contributed by atoms with van der Waals surface area (Å²) in [6.07, 6.45) is 3.05. The van der Waals surface area contributed by atoms with Crippen molar-refractivity contribution < 1.29 is 19.5 Å². The summed E-state index contributed by atoms with van der Waals surface area (Å²) in [7, 11) is 0. The van der Waals surface area contributed by atoms with E-state index in [0.29, 0.717) is 11.3 Å². The third kappa shape index (κ3) is 3.74. The number of carbonyl (C=O) groups excluding carboxylic acids is 2. The van der Waals surface area contributed by atoms with Gasteiger partial charge in [0.1, 0.15) is 5.57 Å². The molecule has 0 spiro atoms. The van der Waals surface area contributed by atoms with Crippen molar-refractivity contribution in [1.82, 2.24) is 14.8 Å². The normalized spacial score (nSPS) is 15.6. The molecule has 1 aliphatic heterocycles. The average Bonchev–Trinajstić information content (AvgIpc) is 2.95. The predicted molar refractivity (Wildman–Crippen MR) is 113 cm³/mol. The first kappa shape index (κ1) is 20.2. The number of nitrogens with zero attached hydrogens (tertiary/aromatic N) is 2.